The molecule has 3 heteroatoms. The Bertz CT molecular complexity index is 357. The number of nitrogens with one attached hydrogen (secondary N) is 1. The molecule has 0 spiro atoms. The van der Waals surface area contributed by atoms with Crippen LogP contribution >= 0.6 is 0 Å². The van der Waals surface area contributed by atoms with Crippen LogP contribution in [-0.2, 0) is 0 Å². The molecule has 0 radical (unpaired) electrons. The van der Waals surface area contributed by atoms with Crippen LogP contribution in [0.1, 0.15) is 31.4 Å². The third-order valence-electron chi connectivity index (χ3n) is 4.02. The summed E-state index contributed by atoms with van der Waals surface area (Å²) in [5.74, 6) is 0.631. The van der Waals surface area contributed by atoms with Gasteiger partial charge in [-0.15, -0.1) is 0 Å². The summed E-state index contributed by atoms with van der Waals surface area (Å²) in [7, 11) is 2.16. The summed E-state index contributed by atoms with van der Waals surface area (Å²) in [6, 6.07) is 7.21. The average Bonchev–Trinajstić information content (AvgIpc) is 2.40. The fourth-order valence-electron chi connectivity index (χ4n) is 2.63. The molecule has 1 aliphatic rings. The Morgan fingerprint density at radius 2 is 1.89 bits per heavy atom. The first kappa shape index (κ1) is 13.5. The van der Waals surface area contributed by atoms with E-state index < -0.39 is 0 Å². The molecule has 1 heterocycles. The molecule has 1 saturated heterocycles. The molecule has 1 fully saturated rings. The maximum atomic E-state index is 12.9. The summed E-state index contributed by atoms with van der Waals surface area (Å²) in [5, 5.41) is 3.39. The first-order valence-electron chi connectivity index (χ1n) is 6.83. The quantitative estimate of drug-likeness (QED) is 0.884. The maximum absolute atomic E-state index is 12.9. The molecule has 1 unspecified atom stereocenters. The molecule has 18 heavy (non-hydrogen) atoms. The Labute approximate surface area is 109 Å². The number of hydrogen-bond donors (Lipinski definition) is 1. The maximum Gasteiger partial charge on any atom is 0.123 e. The van der Waals surface area contributed by atoms with Gasteiger partial charge in [-0.3, -0.25) is 4.90 Å². The zero-order valence-corrected chi connectivity index (χ0v) is 11.3. The molecular weight excluding hydrogens is 227 g/mol. The van der Waals surface area contributed by atoms with Crippen molar-refractivity contribution in [3.05, 3.63) is 35.6 Å². The molecule has 0 aromatic heterocycles. The van der Waals surface area contributed by atoms with Gasteiger partial charge in [-0.25, -0.2) is 4.39 Å². The molecule has 1 aromatic rings. The second-order valence-electron chi connectivity index (χ2n) is 5.36. The van der Waals surface area contributed by atoms with E-state index in [4.69, 9.17) is 0 Å². The molecule has 2 rings (SSSR count). The minimum absolute atomic E-state index is 0.160. The topological polar surface area (TPSA) is 15.3 Å². The van der Waals surface area contributed by atoms with Crippen molar-refractivity contribution in [2.45, 2.75) is 25.8 Å². The minimum atomic E-state index is -0.160. The second-order valence-corrected chi connectivity index (χ2v) is 5.36. The molecule has 1 aromatic carbocycles. The summed E-state index contributed by atoms with van der Waals surface area (Å²) in [6.07, 6.45) is 2.53. The van der Waals surface area contributed by atoms with Crippen molar-refractivity contribution in [1.29, 1.82) is 0 Å². The summed E-state index contributed by atoms with van der Waals surface area (Å²) in [6.45, 7) is 5.60. The first-order valence-corrected chi connectivity index (χ1v) is 6.83. The van der Waals surface area contributed by atoms with Crippen molar-refractivity contribution in [1.82, 2.24) is 10.2 Å². The fourth-order valence-corrected chi connectivity index (χ4v) is 2.63. The van der Waals surface area contributed by atoms with E-state index in [1.54, 1.807) is 12.1 Å². The predicted molar refractivity (Wildman–Crippen MR) is 73.0 cm³/mol. The van der Waals surface area contributed by atoms with E-state index in [0.717, 1.165) is 25.6 Å². The summed E-state index contributed by atoms with van der Waals surface area (Å²) in [5.41, 5.74) is 1.19. The number of piperidine rings is 1. The van der Waals surface area contributed by atoms with Gasteiger partial charge >= 0.3 is 0 Å². The van der Waals surface area contributed by atoms with Gasteiger partial charge in [0.15, 0.2) is 0 Å². The van der Waals surface area contributed by atoms with Gasteiger partial charge in [0.2, 0.25) is 0 Å². The largest absolute Gasteiger partial charge is 0.317 e. The van der Waals surface area contributed by atoms with Gasteiger partial charge in [0.25, 0.3) is 0 Å². The van der Waals surface area contributed by atoms with Gasteiger partial charge in [-0.2, -0.15) is 0 Å². The molecule has 100 valence electrons. The number of halogens is 1. The Balaban J connectivity index is 1.91. The van der Waals surface area contributed by atoms with Gasteiger partial charge in [0, 0.05) is 12.6 Å². The molecule has 0 aliphatic carbocycles. The number of hydrogen-bond acceptors (Lipinski definition) is 2. The van der Waals surface area contributed by atoms with Crippen molar-refractivity contribution < 1.29 is 4.39 Å². The summed E-state index contributed by atoms with van der Waals surface area (Å²) in [4.78, 5) is 2.38. The average molecular weight is 250 g/mol. The Morgan fingerprint density at radius 3 is 2.50 bits per heavy atom. The van der Waals surface area contributed by atoms with Crippen molar-refractivity contribution in [3.8, 4) is 0 Å². The highest BCUT2D eigenvalue weighted by Gasteiger charge is 2.18. The highest BCUT2D eigenvalue weighted by molar-refractivity contribution is 5.19. The predicted octanol–water partition coefficient (Wildman–Crippen LogP) is 2.82. The lowest BCUT2D eigenvalue weighted by Crippen LogP contribution is -2.35. The lowest BCUT2D eigenvalue weighted by atomic mass is 9.96. The van der Waals surface area contributed by atoms with Crippen molar-refractivity contribution >= 4 is 0 Å². The van der Waals surface area contributed by atoms with Gasteiger partial charge in [-0.1, -0.05) is 12.1 Å². The zero-order valence-electron chi connectivity index (χ0n) is 11.3. The third kappa shape index (κ3) is 3.53. The molecular formula is C15H23FN2. The van der Waals surface area contributed by atoms with Gasteiger partial charge in [0.05, 0.1) is 0 Å². The first-order chi connectivity index (χ1) is 8.66. The van der Waals surface area contributed by atoms with Gasteiger partial charge < -0.3 is 5.32 Å². The molecule has 2 nitrogen and oxygen atoms in total. The van der Waals surface area contributed by atoms with E-state index in [2.05, 4.69) is 24.2 Å². The standard InChI is InChI=1S/C15H23FN2/c1-12(14-3-5-15(16)6-4-14)18(2)11-13-7-9-17-10-8-13/h3-6,12-13,17H,7-11H2,1-2H3. The van der Waals surface area contributed by atoms with Crippen LogP contribution in [0.5, 0.6) is 0 Å². The van der Waals surface area contributed by atoms with Crippen LogP contribution in [0.3, 0.4) is 0 Å². The molecule has 1 aliphatic heterocycles. The highest BCUT2D eigenvalue weighted by atomic mass is 19.1. The van der Waals surface area contributed by atoms with Crippen molar-refractivity contribution in [2.24, 2.45) is 5.92 Å². The van der Waals surface area contributed by atoms with E-state index in [9.17, 15) is 4.39 Å². The summed E-state index contributed by atoms with van der Waals surface area (Å²) >= 11 is 0. The Kier molecular flexibility index (Phi) is 4.72. The lowest BCUT2D eigenvalue weighted by molar-refractivity contribution is 0.196. The minimum Gasteiger partial charge on any atom is -0.317 e. The highest BCUT2D eigenvalue weighted by Crippen LogP contribution is 2.22. The third-order valence-corrected chi connectivity index (χ3v) is 4.02. The second kappa shape index (κ2) is 6.30. The molecule has 0 amide bonds. The van der Waals surface area contributed by atoms with Crippen LogP contribution in [-0.4, -0.2) is 31.6 Å². The fraction of sp³-hybridized carbons (Fsp3) is 0.600. The van der Waals surface area contributed by atoms with E-state index >= 15 is 0 Å². The van der Waals surface area contributed by atoms with Crippen molar-refractivity contribution in [2.75, 3.05) is 26.7 Å². The summed E-state index contributed by atoms with van der Waals surface area (Å²) < 4.78 is 12.9. The van der Waals surface area contributed by atoms with E-state index in [1.165, 1.54) is 18.4 Å². The lowest BCUT2D eigenvalue weighted by Gasteiger charge is -2.31. The van der Waals surface area contributed by atoms with E-state index in [-0.39, 0.29) is 5.82 Å². The van der Waals surface area contributed by atoms with E-state index in [0.29, 0.717) is 6.04 Å². The van der Waals surface area contributed by atoms with Gasteiger partial charge in [0.1, 0.15) is 5.82 Å². The van der Waals surface area contributed by atoms with Crippen LogP contribution < -0.4 is 5.32 Å². The SMILES string of the molecule is CC(c1ccc(F)cc1)N(C)CC1CCNCC1. The van der Waals surface area contributed by atoms with Crippen molar-refractivity contribution in [3.63, 3.8) is 0 Å². The van der Waals surface area contributed by atoms with Crippen LogP contribution in [0.4, 0.5) is 4.39 Å². The number of nitrogens with zero attached hydrogens (tertiary/aromatic N) is 1. The van der Waals surface area contributed by atoms with Crippen LogP contribution in [0.2, 0.25) is 0 Å². The van der Waals surface area contributed by atoms with Gasteiger partial charge in [-0.05, 0) is 63.5 Å². The number of benzene rings is 1. The molecule has 1 N–H and O–H groups in total. The Morgan fingerprint density at radius 1 is 1.28 bits per heavy atom. The van der Waals surface area contributed by atoms with E-state index in [1.807, 2.05) is 12.1 Å². The smallest absolute Gasteiger partial charge is 0.123 e. The normalized spacial score (nSPS) is 19.1. The van der Waals surface area contributed by atoms with Crippen LogP contribution in [0.15, 0.2) is 24.3 Å². The molecule has 0 bridgehead atoms. The number of rotatable bonds is 4. The van der Waals surface area contributed by atoms with Crippen LogP contribution in [0, 0.1) is 11.7 Å². The molecule has 1 atom stereocenters. The molecule has 0 saturated carbocycles. The zero-order chi connectivity index (χ0) is 13.0. The monoisotopic (exact) mass is 250 g/mol. The van der Waals surface area contributed by atoms with Crippen LogP contribution in [0.25, 0.3) is 0 Å². The Hall–Kier alpha value is -0.930.